The molecule has 0 bridgehead atoms. The maximum atomic E-state index is 13.9. The van der Waals surface area contributed by atoms with Crippen LogP contribution in [0.2, 0.25) is 0 Å². The van der Waals surface area contributed by atoms with Gasteiger partial charge in [-0.1, -0.05) is 47.7 Å². The van der Waals surface area contributed by atoms with Gasteiger partial charge in [-0.05, 0) is 69.8 Å². The van der Waals surface area contributed by atoms with Crippen molar-refractivity contribution in [2.75, 3.05) is 0 Å². The SMILES string of the molecule is O=c1/c(=C/c2cc(I)c(O)c([N+](=O)[O-])c2)sc2n1C(c1cccc([N+](=O)[O-])c1)C1=C(N=2)c2ccccc2CC1. The number of phenols is 1. The molecule has 1 atom stereocenters. The van der Waals surface area contributed by atoms with Crippen LogP contribution in [-0.4, -0.2) is 19.5 Å². The predicted molar refractivity (Wildman–Crippen MR) is 153 cm³/mol. The molecule has 1 aromatic heterocycles. The molecular formula is C27H17IN4O6S. The zero-order valence-electron chi connectivity index (χ0n) is 19.9. The van der Waals surface area contributed by atoms with E-state index in [2.05, 4.69) is 0 Å². The Bertz CT molecular complexity index is 1940. The summed E-state index contributed by atoms with van der Waals surface area (Å²) in [5.41, 5.74) is 3.88. The zero-order valence-corrected chi connectivity index (χ0v) is 22.9. The number of aromatic nitrogens is 1. The van der Waals surface area contributed by atoms with Gasteiger partial charge in [-0.3, -0.25) is 29.6 Å². The van der Waals surface area contributed by atoms with Crippen molar-refractivity contribution in [3.63, 3.8) is 0 Å². The summed E-state index contributed by atoms with van der Waals surface area (Å²) in [6.07, 6.45) is 2.92. The highest BCUT2D eigenvalue weighted by Gasteiger charge is 2.33. The molecule has 0 radical (unpaired) electrons. The molecule has 2 aliphatic rings. The van der Waals surface area contributed by atoms with E-state index in [1.165, 1.54) is 18.2 Å². The molecule has 1 aliphatic carbocycles. The lowest BCUT2D eigenvalue weighted by Crippen LogP contribution is -2.38. The fourth-order valence-corrected chi connectivity index (χ4v) is 6.75. The number of nitro benzene ring substituents is 2. The Morgan fingerprint density at radius 1 is 1.05 bits per heavy atom. The molecule has 0 saturated carbocycles. The Labute approximate surface area is 237 Å². The first-order valence-electron chi connectivity index (χ1n) is 11.8. The smallest absolute Gasteiger partial charge is 0.312 e. The Morgan fingerprint density at radius 3 is 2.62 bits per heavy atom. The third-order valence-corrected chi connectivity index (χ3v) is 8.64. The number of nitro groups is 2. The average Bonchev–Trinajstić information content (AvgIpc) is 3.23. The number of nitrogens with zero attached hydrogens (tertiary/aromatic N) is 4. The van der Waals surface area contributed by atoms with Gasteiger partial charge in [0.25, 0.3) is 11.2 Å². The molecule has 10 nitrogen and oxygen atoms in total. The fraction of sp³-hybridized carbons (Fsp3) is 0.111. The first-order valence-corrected chi connectivity index (χ1v) is 13.7. The number of rotatable bonds is 4. The first kappa shape index (κ1) is 25.1. The quantitative estimate of drug-likeness (QED) is 0.196. The van der Waals surface area contributed by atoms with Gasteiger partial charge in [0.1, 0.15) is 0 Å². The van der Waals surface area contributed by atoms with Crippen molar-refractivity contribution in [1.29, 1.82) is 0 Å². The summed E-state index contributed by atoms with van der Waals surface area (Å²) in [5, 5.41) is 33.1. The van der Waals surface area contributed by atoms with E-state index in [9.17, 15) is 30.1 Å². The van der Waals surface area contributed by atoms with Gasteiger partial charge in [0.15, 0.2) is 4.80 Å². The van der Waals surface area contributed by atoms with E-state index in [4.69, 9.17) is 4.99 Å². The van der Waals surface area contributed by atoms with Gasteiger partial charge in [-0.25, -0.2) is 4.99 Å². The minimum absolute atomic E-state index is 0.0732. The number of aromatic hydroxyl groups is 1. The largest absolute Gasteiger partial charge is 0.501 e. The molecule has 0 amide bonds. The molecule has 3 aromatic carbocycles. The van der Waals surface area contributed by atoms with E-state index < -0.39 is 27.3 Å². The maximum absolute atomic E-state index is 13.9. The first-order chi connectivity index (χ1) is 18.7. The lowest BCUT2D eigenvalue weighted by molar-refractivity contribution is -0.386. The number of benzene rings is 3. The summed E-state index contributed by atoms with van der Waals surface area (Å²) in [6.45, 7) is 0. The number of aryl methyl sites for hydroxylation is 1. The zero-order chi connectivity index (χ0) is 27.4. The van der Waals surface area contributed by atoms with Gasteiger partial charge in [0, 0.05) is 23.8 Å². The number of thiazole rings is 1. The minimum atomic E-state index is -0.676. The Kier molecular flexibility index (Phi) is 6.14. The van der Waals surface area contributed by atoms with Gasteiger partial charge in [-0.15, -0.1) is 0 Å². The normalized spacial score (nSPS) is 16.2. The van der Waals surface area contributed by atoms with Crippen LogP contribution in [0.25, 0.3) is 11.8 Å². The van der Waals surface area contributed by atoms with Crippen LogP contribution in [0.15, 0.2) is 76.0 Å². The lowest BCUT2D eigenvalue weighted by atomic mass is 9.83. The Morgan fingerprint density at radius 2 is 1.85 bits per heavy atom. The number of hydrogen-bond acceptors (Lipinski definition) is 8. The molecule has 6 rings (SSSR count). The summed E-state index contributed by atoms with van der Waals surface area (Å²) in [4.78, 5) is 41.0. The molecule has 0 fully saturated rings. The van der Waals surface area contributed by atoms with Gasteiger partial charge < -0.3 is 5.11 Å². The maximum Gasteiger partial charge on any atom is 0.312 e. The van der Waals surface area contributed by atoms with E-state index >= 15 is 0 Å². The topological polar surface area (TPSA) is 141 Å². The molecule has 0 saturated heterocycles. The summed E-state index contributed by atoms with van der Waals surface area (Å²) in [5.74, 6) is -0.434. The van der Waals surface area contributed by atoms with Crippen LogP contribution < -0.4 is 14.9 Å². The van der Waals surface area contributed by atoms with Crippen LogP contribution in [0.4, 0.5) is 11.4 Å². The second kappa shape index (κ2) is 9.54. The average molecular weight is 652 g/mol. The van der Waals surface area contributed by atoms with Crippen LogP contribution in [-0.2, 0) is 6.42 Å². The third kappa shape index (κ3) is 4.25. The van der Waals surface area contributed by atoms with Crippen molar-refractivity contribution in [3.05, 3.63) is 132 Å². The Balaban J connectivity index is 1.62. The number of allylic oxidation sites excluding steroid dienone is 1. The van der Waals surface area contributed by atoms with E-state index in [-0.39, 0.29) is 14.8 Å². The number of non-ortho nitro benzene ring substituents is 1. The van der Waals surface area contributed by atoms with Gasteiger partial charge >= 0.3 is 5.69 Å². The summed E-state index contributed by atoms with van der Waals surface area (Å²) < 4.78 is 2.14. The number of fused-ring (bicyclic) bond motifs is 3. The standard InChI is InChI=1S/C27H17IN4O6S/c28-20-10-14(11-21(25(20)33)32(37)38)12-22-26(34)30-24(16-5-3-6-17(13-16)31(35)36)19-9-8-15-4-1-2-7-18(15)23(19)29-27(30)39-22/h1-7,10-13,24,33H,8-9H2/b22-12-. The van der Waals surface area contributed by atoms with Crippen LogP contribution in [0.5, 0.6) is 5.75 Å². The van der Waals surface area contributed by atoms with Crippen molar-refractivity contribution >= 4 is 57.1 Å². The van der Waals surface area contributed by atoms with Gasteiger partial charge in [-0.2, -0.15) is 0 Å². The third-order valence-electron chi connectivity index (χ3n) is 6.83. The van der Waals surface area contributed by atoms with Crippen molar-refractivity contribution < 1.29 is 15.0 Å². The molecule has 12 heteroatoms. The molecule has 1 N–H and O–H groups in total. The summed E-state index contributed by atoms with van der Waals surface area (Å²) >= 11 is 2.95. The number of halogens is 1. The van der Waals surface area contributed by atoms with E-state index in [1.54, 1.807) is 51.4 Å². The fourth-order valence-electron chi connectivity index (χ4n) is 5.11. The molecular weight excluding hydrogens is 635 g/mol. The highest BCUT2D eigenvalue weighted by Crippen LogP contribution is 2.41. The molecule has 39 heavy (non-hydrogen) atoms. The number of hydrogen-bond donors (Lipinski definition) is 1. The molecule has 1 aliphatic heterocycles. The van der Waals surface area contributed by atoms with Crippen molar-refractivity contribution in [2.45, 2.75) is 18.9 Å². The summed E-state index contributed by atoms with van der Waals surface area (Å²) in [7, 11) is 0. The highest BCUT2D eigenvalue weighted by atomic mass is 127. The molecule has 0 spiro atoms. The molecule has 4 aromatic rings. The number of phenolic OH excluding ortho intramolecular Hbond substituents is 1. The van der Waals surface area contributed by atoms with Crippen LogP contribution >= 0.6 is 33.9 Å². The van der Waals surface area contributed by atoms with E-state index in [0.29, 0.717) is 26.9 Å². The van der Waals surface area contributed by atoms with Crippen LogP contribution in [0, 0.1) is 23.8 Å². The second-order valence-electron chi connectivity index (χ2n) is 9.09. The van der Waals surface area contributed by atoms with Crippen LogP contribution in [0.3, 0.4) is 0 Å². The lowest BCUT2D eigenvalue weighted by Gasteiger charge is -2.30. The van der Waals surface area contributed by atoms with Crippen molar-refractivity contribution in [2.24, 2.45) is 4.99 Å². The Hall–Kier alpha value is -4.17. The van der Waals surface area contributed by atoms with E-state index in [1.807, 2.05) is 24.3 Å². The predicted octanol–water partition coefficient (Wildman–Crippen LogP) is 4.45. The van der Waals surface area contributed by atoms with Gasteiger partial charge in [0.05, 0.1) is 29.7 Å². The van der Waals surface area contributed by atoms with Crippen molar-refractivity contribution in [1.82, 2.24) is 4.57 Å². The van der Waals surface area contributed by atoms with E-state index in [0.717, 1.165) is 40.2 Å². The summed E-state index contributed by atoms with van der Waals surface area (Å²) in [6, 6.07) is 16.4. The minimum Gasteiger partial charge on any atom is -0.501 e. The monoisotopic (exact) mass is 652 g/mol. The van der Waals surface area contributed by atoms with Crippen molar-refractivity contribution in [3.8, 4) is 5.75 Å². The molecule has 194 valence electrons. The highest BCUT2D eigenvalue weighted by molar-refractivity contribution is 14.1. The van der Waals surface area contributed by atoms with Gasteiger partial charge in [0.2, 0.25) is 5.75 Å². The molecule has 2 heterocycles. The second-order valence-corrected chi connectivity index (χ2v) is 11.3. The molecule has 1 unspecified atom stereocenters. The van der Waals surface area contributed by atoms with Crippen LogP contribution in [0.1, 0.15) is 34.7 Å².